The van der Waals surface area contributed by atoms with E-state index in [0.717, 1.165) is 11.3 Å². The van der Waals surface area contributed by atoms with Crippen molar-refractivity contribution in [2.24, 2.45) is 0 Å². The molecule has 122 valence electrons. The van der Waals surface area contributed by atoms with Crippen molar-refractivity contribution in [3.05, 3.63) is 46.8 Å². The monoisotopic (exact) mass is 317 g/mol. The van der Waals surface area contributed by atoms with Gasteiger partial charge in [-0.1, -0.05) is 0 Å². The molecule has 0 fully saturated rings. The molecule has 0 bridgehead atoms. The van der Waals surface area contributed by atoms with Crippen LogP contribution in [0.3, 0.4) is 0 Å². The molecule has 6 nitrogen and oxygen atoms in total. The highest BCUT2D eigenvalue weighted by Crippen LogP contribution is 2.36. The van der Waals surface area contributed by atoms with Gasteiger partial charge in [0, 0.05) is 29.9 Å². The average molecular weight is 317 g/mol. The summed E-state index contributed by atoms with van der Waals surface area (Å²) in [6.45, 7) is 1.82. The first kappa shape index (κ1) is 16.6. The van der Waals surface area contributed by atoms with E-state index in [1.54, 1.807) is 39.5 Å². The van der Waals surface area contributed by atoms with Crippen LogP contribution < -0.4 is 14.2 Å². The Labute approximate surface area is 134 Å². The van der Waals surface area contributed by atoms with Gasteiger partial charge in [-0.05, 0) is 24.6 Å². The lowest BCUT2D eigenvalue weighted by atomic mass is 9.99. The summed E-state index contributed by atoms with van der Waals surface area (Å²) < 4.78 is 16.0. The summed E-state index contributed by atoms with van der Waals surface area (Å²) in [5.41, 5.74) is 2.39. The highest BCUT2D eigenvalue weighted by Gasteiger charge is 2.16. The number of carboxylic acids is 1. The molecule has 6 heteroatoms. The van der Waals surface area contributed by atoms with Gasteiger partial charge in [0.15, 0.2) is 11.5 Å². The largest absolute Gasteiger partial charge is 0.496 e. The second kappa shape index (κ2) is 7.00. The number of hydrogen-bond donors (Lipinski definition) is 1. The number of aromatic nitrogens is 1. The number of hydrogen-bond acceptors (Lipinski definition) is 5. The van der Waals surface area contributed by atoms with Crippen LogP contribution >= 0.6 is 0 Å². The van der Waals surface area contributed by atoms with E-state index in [4.69, 9.17) is 14.2 Å². The Bertz CT molecular complexity index is 727. The summed E-state index contributed by atoms with van der Waals surface area (Å²) in [5.74, 6) is 0.712. The fourth-order valence-electron chi connectivity index (χ4n) is 2.39. The van der Waals surface area contributed by atoms with Crippen LogP contribution in [0, 0.1) is 6.92 Å². The van der Waals surface area contributed by atoms with Crippen molar-refractivity contribution in [1.29, 1.82) is 0 Å². The molecule has 0 atom stereocenters. The van der Waals surface area contributed by atoms with E-state index in [0.29, 0.717) is 29.2 Å². The van der Waals surface area contributed by atoms with Crippen molar-refractivity contribution >= 4 is 5.97 Å². The fourth-order valence-corrected chi connectivity index (χ4v) is 2.39. The van der Waals surface area contributed by atoms with Crippen LogP contribution in [0.25, 0.3) is 0 Å². The Hall–Kier alpha value is -2.76. The Morgan fingerprint density at radius 2 is 1.61 bits per heavy atom. The maximum atomic E-state index is 11.4. The fraction of sp³-hybridized carbons (Fsp3) is 0.294. The van der Waals surface area contributed by atoms with Gasteiger partial charge in [0.05, 0.1) is 26.9 Å². The van der Waals surface area contributed by atoms with Crippen molar-refractivity contribution in [1.82, 2.24) is 4.98 Å². The molecule has 0 radical (unpaired) electrons. The number of aromatic carboxylic acids is 1. The first-order valence-corrected chi connectivity index (χ1v) is 6.97. The zero-order chi connectivity index (χ0) is 17.0. The third-order valence-electron chi connectivity index (χ3n) is 3.52. The summed E-state index contributed by atoms with van der Waals surface area (Å²) in [4.78, 5) is 15.4. The number of nitrogens with zero attached hydrogens (tertiary/aromatic N) is 1. The standard InChI is InChI=1S/C17H19NO5/c1-10-5-11(13(9-18-10)17(19)20)6-12-7-15(22-3)16(23-4)8-14(12)21-2/h5,7-9H,6H2,1-4H3,(H,19,20). The van der Waals surface area contributed by atoms with Gasteiger partial charge < -0.3 is 19.3 Å². The van der Waals surface area contributed by atoms with Crippen molar-refractivity contribution in [2.45, 2.75) is 13.3 Å². The smallest absolute Gasteiger partial charge is 0.337 e. The summed E-state index contributed by atoms with van der Waals surface area (Å²) in [7, 11) is 4.65. The molecule has 0 amide bonds. The second-order valence-corrected chi connectivity index (χ2v) is 4.98. The van der Waals surface area contributed by atoms with Crippen LogP contribution in [0.4, 0.5) is 0 Å². The van der Waals surface area contributed by atoms with Gasteiger partial charge in [0.2, 0.25) is 0 Å². The van der Waals surface area contributed by atoms with Crippen LogP contribution in [-0.4, -0.2) is 37.4 Å². The molecule has 0 aliphatic rings. The van der Waals surface area contributed by atoms with Crippen molar-refractivity contribution in [2.75, 3.05) is 21.3 Å². The van der Waals surface area contributed by atoms with E-state index >= 15 is 0 Å². The first-order chi connectivity index (χ1) is 11.0. The lowest BCUT2D eigenvalue weighted by Gasteiger charge is -2.15. The zero-order valence-electron chi connectivity index (χ0n) is 13.5. The molecule has 1 heterocycles. The van der Waals surface area contributed by atoms with E-state index < -0.39 is 5.97 Å². The highest BCUT2D eigenvalue weighted by atomic mass is 16.5. The molecule has 23 heavy (non-hydrogen) atoms. The number of benzene rings is 1. The second-order valence-electron chi connectivity index (χ2n) is 4.98. The number of ether oxygens (including phenoxy) is 3. The highest BCUT2D eigenvalue weighted by molar-refractivity contribution is 5.89. The molecule has 1 aromatic heterocycles. The van der Waals surface area contributed by atoms with Gasteiger partial charge in [-0.3, -0.25) is 4.98 Å². The van der Waals surface area contributed by atoms with Gasteiger partial charge in [0.25, 0.3) is 0 Å². The summed E-state index contributed by atoms with van der Waals surface area (Å²) >= 11 is 0. The van der Waals surface area contributed by atoms with E-state index in [-0.39, 0.29) is 5.56 Å². The molecule has 2 rings (SSSR count). The van der Waals surface area contributed by atoms with E-state index in [9.17, 15) is 9.90 Å². The molecule has 2 aromatic rings. The Balaban J connectivity index is 2.51. The number of aryl methyl sites for hydroxylation is 1. The van der Waals surface area contributed by atoms with Gasteiger partial charge in [-0.15, -0.1) is 0 Å². The molecular formula is C17H19NO5. The van der Waals surface area contributed by atoms with Gasteiger partial charge in [-0.2, -0.15) is 0 Å². The zero-order valence-corrected chi connectivity index (χ0v) is 13.5. The minimum atomic E-state index is -1.01. The molecule has 1 N–H and O–H groups in total. The van der Waals surface area contributed by atoms with E-state index in [1.807, 2.05) is 6.92 Å². The molecule has 0 aliphatic heterocycles. The predicted molar refractivity (Wildman–Crippen MR) is 84.8 cm³/mol. The molecule has 1 aromatic carbocycles. The number of rotatable bonds is 6. The first-order valence-electron chi connectivity index (χ1n) is 6.97. The average Bonchev–Trinajstić information content (AvgIpc) is 2.54. The Morgan fingerprint density at radius 1 is 1.00 bits per heavy atom. The number of methoxy groups -OCH3 is 3. The van der Waals surface area contributed by atoms with Crippen LogP contribution in [0.15, 0.2) is 24.4 Å². The van der Waals surface area contributed by atoms with Gasteiger partial charge >= 0.3 is 5.97 Å². The maximum absolute atomic E-state index is 11.4. The van der Waals surface area contributed by atoms with Crippen LogP contribution in [-0.2, 0) is 6.42 Å². The van der Waals surface area contributed by atoms with Gasteiger partial charge in [-0.25, -0.2) is 4.79 Å². The van der Waals surface area contributed by atoms with Gasteiger partial charge in [0.1, 0.15) is 5.75 Å². The van der Waals surface area contributed by atoms with Crippen molar-refractivity contribution in [3.8, 4) is 17.2 Å². The minimum Gasteiger partial charge on any atom is -0.496 e. The quantitative estimate of drug-likeness (QED) is 0.882. The number of pyridine rings is 1. The summed E-state index contributed by atoms with van der Waals surface area (Å²) in [5, 5.41) is 9.33. The van der Waals surface area contributed by atoms with Crippen LogP contribution in [0.2, 0.25) is 0 Å². The Morgan fingerprint density at radius 3 is 2.17 bits per heavy atom. The molecule has 0 aliphatic carbocycles. The van der Waals surface area contributed by atoms with E-state index in [1.165, 1.54) is 6.20 Å². The molecule has 0 unspecified atom stereocenters. The third-order valence-corrected chi connectivity index (χ3v) is 3.52. The van der Waals surface area contributed by atoms with E-state index in [2.05, 4.69) is 4.98 Å². The van der Waals surface area contributed by atoms with Crippen LogP contribution in [0.5, 0.6) is 17.2 Å². The summed E-state index contributed by atoms with van der Waals surface area (Å²) in [6.07, 6.45) is 1.76. The topological polar surface area (TPSA) is 77.9 Å². The SMILES string of the molecule is COc1cc(OC)c(OC)cc1Cc1cc(C)ncc1C(=O)O. The van der Waals surface area contributed by atoms with Crippen LogP contribution in [0.1, 0.15) is 27.2 Å². The number of carboxylic acid groups (broad SMARTS) is 1. The molecule has 0 saturated carbocycles. The number of carbonyl (C=O) groups is 1. The normalized spacial score (nSPS) is 10.3. The molecule has 0 saturated heterocycles. The van der Waals surface area contributed by atoms with Crippen molar-refractivity contribution in [3.63, 3.8) is 0 Å². The lowest BCUT2D eigenvalue weighted by Crippen LogP contribution is -2.06. The minimum absolute atomic E-state index is 0.174. The Kier molecular flexibility index (Phi) is 5.05. The maximum Gasteiger partial charge on any atom is 0.337 e. The lowest BCUT2D eigenvalue weighted by molar-refractivity contribution is 0.0695. The predicted octanol–water partition coefficient (Wildman–Crippen LogP) is 2.70. The molecular weight excluding hydrogens is 298 g/mol. The van der Waals surface area contributed by atoms with Crippen molar-refractivity contribution < 1.29 is 24.1 Å². The summed E-state index contributed by atoms with van der Waals surface area (Å²) in [6, 6.07) is 5.28. The molecule has 0 spiro atoms. The third kappa shape index (κ3) is 3.53.